The quantitative estimate of drug-likeness (QED) is 0.769. The third-order valence-corrected chi connectivity index (χ3v) is 4.56. The zero-order valence-corrected chi connectivity index (χ0v) is 15.6. The molecule has 0 spiro atoms. The normalized spacial score (nSPS) is 15.0. The maximum absolute atomic E-state index is 12.7. The van der Waals surface area contributed by atoms with E-state index in [1.165, 1.54) is 5.56 Å². The van der Waals surface area contributed by atoms with E-state index in [4.69, 9.17) is 0 Å². The molecule has 5 nitrogen and oxygen atoms in total. The fourth-order valence-corrected chi connectivity index (χ4v) is 3.05. The first-order chi connectivity index (χ1) is 13.3. The lowest BCUT2D eigenvalue weighted by Gasteiger charge is -2.34. The van der Waals surface area contributed by atoms with E-state index < -0.39 is 0 Å². The van der Waals surface area contributed by atoms with Crippen LogP contribution in [-0.4, -0.2) is 60.0 Å². The summed E-state index contributed by atoms with van der Waals surface area (Å²) in [5.41, 5.74) is 2.58. The number of carbonyl (C=O) groups excluding carboxylic acids is 1. The first-order valence-corrected chi connectivity index (χ1v) is 9.30. The third kappa shape index (κ3) is 5.53. The van der Waals surface area contributed by atoms with Crippen molar-refractivity contribution in [2.24, 2.45) is 0 Å². The second-order valence-electron chi connectivity index (χ2n) is 6.51. The predicted octanol–water partition coefficient (Wildman–Crippen LogP) is 3.15. The number of amides is 1. The second-order valence-corrected chi connectivity index (χ2v) is 6.51. The van der Waals surface area contributed by atoms with Crippen molar-refractivity contribution in [3.8, 4) is 0 Å². The number of hydrogen-bond acceptors (Lipinski definition) is 4. The number of hydrogen-bond donors (Lipinski definition) is 1. The molecule has 1 amide bonds. The number of anilines is 1. The average Bonchev–Trinajstić information content (AvgIpc) is 2.73. The minimum absolute atomic E-state index is 0.00303. The largest absolute Gasteiger partial charge is 0.381 e. The van der Waals surface area contributed by atoms with E-state index in [0.717, 1.165) is 38.4 Å². The molecule has 140 valence electrons. The van der Waals surface area contributed by atoms with Gasteiger partial charge in [0.05, 0.1) is 0 Å². The zero-order valence-electron chi connectivity index (χ0n) is 15.6. The highest BCUT2D eigenvalue weighted by Gasteiger charge is 2.22. The van der Waals surface area contributed by atoms with Crippen molar-refractivity contribution in [2.45, 2.75) is 0 Å². The van der Waals surface area contributed by atoms with E-state index in [-0.39, 0.29) is 5.91 Å². The highest BCUT2D eigenvalue weighted by atomic mass is 16.2. The fraction of sp³-hybridized carbons (Fsp3) is 0.273. The van der Waals surface area contributed by atoms with Gasteiger partial charge in [-0.3, -0.25) is 14.7 Å². The third-order valence-electron chi connectivity index (χ3n) is 4.56. The number of pyridine rings is 1. The molecular formula is C22H26N4O. The van der Waals surface area contributed by atoms with Gasteiger partial charge in [-0.25, -0.2) is 0 Å². The van der Waals surface area contributed by atoms with Crippen molar-refractivity contribution in [1.29, 1.82) is 0 Å². The molecule has 0 aliphatic carbocycles. The Kier molecular flexibility index (Phi) is 6.77. The number of carbonyl (C=O) groups is 1. The van der Waals surface area contributed by atoms with Crippen molar-refractivity contribution in [2.75, 3.05) is 44.6 Å². The number of piperazine rings is 1. The molecular weight excluding hydrogens is 336 g/mol. The summed E-state index contributed by atoms with van der Waals surface area (Å²) >= 11 is 0. The maximum atomic E-state index is 12.7. The van der Waals surface area contributed by atoms with Crippen LogP contribution in [0.2, 0.25) is 0 Å². The smallest absolute Gasteiger partial charge is 0.272 e. The Morgan fingerprint density at radius 2 is 1.93 bits per heavy atom. The van der Waals surface area contributed by atoms with Crippen molar-refractivity contribution < 1.29 is 4.79 Å². The van der Waals surface area contributed by atoms with E-state index >= 15 is 0 Å². The van der Waals surface area contributed by atoms with Gasteiger partial charge in [-0.1, -0.05) is 48.6 Å². The predicted molar refractivity (Wildman–Crippen MR) is 111 cm³/mol. The lowest BCUT2D eigenvalue weighted by Crippen LogP contribution is -2.48. The lowest BCUT2D eigenvalue weighted by atomic mass is 10.2. The van der Waals surface area contributed by atoms with Crippen molar-refractivity contribution >= 4 is 17.7 Å². The molecule has 2 heterocycles. The lowest BCUT2D eigenvalue weighted by molar-refractivity contribution is 0.0644. The van der Waals surface area contributed by atoms with Crippen LogP contribution in [0.3, 0.4) is 0 Å². The van der Waals surface area contributed by atoms with Crippen LogP contribution in [-0.2, 0) is 0 Å². The van der Waals surface area contributed by atoms with Crippen LogP contribution in [0.15, 0.2) is 67.4 Å². The Labute approximate surface area is 161 Å². The van der Waals surface area contributed by atoms with Gasteiger partial charge in [-0.2, -0.15) is 0 Å². The van der Waals surface area contributed by atoms with Crippen molar-refractivity contribution in [1.82, 2.24) is 14.8 Å². The Bertz CT molecular complexity index is 780. The summed E-state index contributed by atoms with van der Waals surface area (Å²) in [7, 11) is 0. The molecule has 0 saturated carbocycles. The Morgan fingerprint density at radius 3 is 2.67 bits per heavy atom. The molecule has 0 radical (unpaired) electrons. The van der Waals surface area contributed by atoms with Crippen LogP contribution >= 0.6 is 0 Å². The number of nitrogens with zero attached hydrogens (tertiary/aromatic N) is 3. The molecule has 3 rings (SSSR count). The molecule has 2 aromatic rings. The number of nitrogens with one attached hydrogen (secondary N) is 1. The van der Waals surface area contributed by atoms with Gasteiger partial charge in [0.2, 0.25) is 0 Å². The topological polar surface area (TPSA) is 48.5 Å². The summed E-state index contributed by atoms with van der Waals surface area (Å²) in [6.45, 7) is 8.45. The molecule has 1 aliphatic heterocycles. The molecule has 1 fully saturated rings. The molecule has 0 unspecified atom stereocenters. The Morgan fingerprint density at radius 1 is 1.15 bits per heavy atom. The second kappa shape index (κ2) is 9.69. The summed E-state index contributed by atoms with van der Waals surface area (Å²) in [5, 5.41) is 3.19. The molecule has 0 atom stereocenters. The van der Waals surface area contributed by atoms with Gasteiger partial charge in [0.15, 0.2) is 0 Å². The Hall–Kier alpha value is -2.92. The standard InChI is InChI=1S/C22H26N4O/c1-2-11-23-20-10-12-24-21(18-20)22(27)26-16-14-25(15-17-26)13-6-9-19-7-4-3-5-8-19/h2-10,12,18H,1,11,13-17H2,(H,23,24)/b9-6+. The molecule has 5 heteroatoms. The molecule has 1 N–H and O–H groups in total. The summed E-state index contributed by atoms with van der Waals surface area (Å²) < 4.78 is 0. The minimum atomic E-state index is -0.00303. The van der Waals surface area contributed by atoms with Gasteiger partial charge >= 0.3 is 0 Å². The van der Waals surface area contributed by atoms with Gasteiger partial charge in [-0.05, 0) is 17.7 Å². The van der Waals surface area contributed by atoms with Gasteiger partial charge in [0, 0.05) is 51.2 Å². The zero-order chi connectivity index (χ0) is 18.9. The summed E-state index contributed by atoms with van der Waals surface area (Å²) in [6, 6.07) is 14.0. The van der Waals surface area contributed by atoms with Crippen LogP contribution in [0, 0.1) is 0 Å². The first-order valence-electron chi connectivity index (χ1n) is 9.30. The van der Waals surface area contributed by atoms with Crippen molar-refractivity contribution in [3.63, 3.8) is 0 Å². The molecule has 1 saturated heterocycles. The summed E-state index contributed by atoms with van der Waals surface area (Å²) in [5.74, 6) is -0.00303. The van der Waals surface area contributed by atoms with Crippen LogP contribution in [0.1, 0.15) is 16.1 Å². The SMILES string of the molecule is C=CCNc1ccnc(C(=O)N2CCN(C/C=C/c3ccccc3)CC2)c1. The maximum Gasteiger partial charge on any atom is 0.272 e. The average molecular weight is 362 g/mol. The van der Waals surface area contributed by atoms with E-state index in [2.05, 4.69) is 46.1 Å². The molecule has 1 aromatic carbocycles. The molecule has 0 bridgehead atoms. The van der Waals surface area contributed by atoms with Crippen LogP contribution in [0.5, 0.6) is 0 Å². The summed E-state index contributed by atoms with van der Waals surface area (Å²) in [4.78, 5) is 21.2. The Balaban J connectivity index is 1.49. The van der Waals surface area contributed by atoms with Gasteiger partial charge in [0.25, 0.3) is 5.91 Å². The first kappa shape index (κ1) is 18.9. The highest BCUT2D eigenvalue weighted by molar-refractivity contribution is 5.93. The van der Waals surface area contributed by atoms with Gasteiger partial charge in [-0.15, -0.1) is 6.58 Å². The molecule has 1 aromatic heterocycles. The minimum Gasteiger partial charge on any atom is -0.381 e. The van der Waals surface area contributed by atoms with Crippen molar-refractivity contribution in [3.05, 3.63) is 78.6 Å². The van der Waals surface area contributed by atoms with E-state index in [1.54, 1.807) is 18.3 Å². The number of aromatic nitrogens is 1. The number of benzene rings is 1. The summed E-state index contributed by atoms with van der Waals surface area (Å²) in [6.07, 6.45) is 7.78. The van der Waals surface area contributed by atoms with Crippen LogP contribution < -0.4 is 5.32 Å². The van der Waals surface area contributed by atoms with Crippen LogP contribution in [0.4, 0.5) is 5.69 Å². The van der Waals surface area contributed by atoms with E-state index in [0.29, 0.717) is 12.2 Å². The fourth-order valence-electron chi connectivity index (χ4n) is 3.05. The van der Waals surface area contributed by atoms with Crippen LogP contribution in [0.25, 0.3) is 6.08 Å². The van der Waals surface area contributed by atoms with Gasteiger partial charge < -0.3 is 10.2 Å². The van der Waals surface area contributed by atoms with Gasteiger partial charge in [0.1, 0.15) is 5.69 Å². The van der Waals surface area contributed by atoms with E-state index in [1.807, 2.05) is 29.2 Å². The monoisotopic (exact) mass is 362 g/mol. The number of rotatable bonds is 7. The molecule has 1 aliphatic rings. The van der Waals surface area contributed by atoms with E-state index in [9.17, 15) is 4.79 Å². The molecule has 27 heavy (non-hydrogen) atoms. The highest BCUT2D eigenvalue weighted by Crippen LogP contribution is 2.12.